The first kappa shape index (κ1) is 10.4. The number of hydrogen-bond acceptors (Lipinski definition) is 1. The summed E-state index contributed by atoms with van der Waals surface area (Å²) in [4.78, 5) is 3.49. The number of fused-ring (bicyclic) bond motifs is 1. The van der Waals surface area contributed by atoms with E-state index in [0.717, 1.165) is 17.1 Å². The lowest BCUT2D eigenvalue weighted by atomic mass is 10.2. The minimum atomic E-state index is 0.763. The van der Waals surface area contributed by atoms with Gasteiger partial charge >= 0.3 is 0 Å². The Labute approximate surface area is 104 Å². The van der Waals surface area contributed by atoms with Crippen LogP contribution in [0.2, 0.25) is 0 Å². The van der Waals surface area contributed by atoms with Gasteiger partial charge in [-0.1, -0.05) is 15.9 Å². The van der Waals surface area contributed by atoms with E-state index in [2.05, 4.69) is 51.4 Å². The number of rotatable bonds is 3. The van der Waals surface area contributed by atoms with Gasteiger partial charge in [0.15, 0.2) is 0 Å². The summed E-state index contributed by atoms with van der Waals surface area (Å²) in [6.07, 6.45) is 2.68. The molecule has 84 valence electrons. The summed E-state index contributed by atoms with van der Waals surface area (Å²) in [5.41, 5.74) is 3.83. The van der Waals surface area contributed by atoms with Crippen molar-refractivity contribution in [1.82, 2.24) is 10.3 Å². The Hall–Kier alpha value is -0.800. The van der Waals surface area contributed by atoms with Crippen LogP contribution in [0.3, 0.4) is 0 Å². The molecule has 0 radical (unpaired) electrons. The van der Waals surface area contributed by atoms with Crippen molar-refractivity contribution in [2.45, 2.75) is 32.4 Å². The van der Waals surface area contributed by atoms with Crippen molar-refractivity contribution in [2.24, 2.45) is 0 Å². The zero-order chi connectivity index (χ0) is 11.1. The standard InChI is InChI=1S/C13H15BrN2/c1-8-4-10(14)5-9-6-12(16-13(8)9)7-15-11-2-3-11/h4-6,11,15-16H,2-3,7H2,1H3. The average molecular weight is 279 g/mol. The molecule has 0 bridgehead atoms. The second-order valence-electron chi connectivity index (χ2n) is 4.64. The van der Waals surface area contributed by atoms with Crippen LogP contribution in [0, 0.1) is 6.92 Å². The van der Waals surface area contributed by atoms with Crippen molar-refractivity contribution in [1.29, 1.82) is 0 Å². The van der Waals surface area contributed by atoms with Crippen LogP contribution in [0.4, 0.5) is 0 Å². The summed E-state index contributed by atoms with van der Waals surface area (Å²) in [7, 11) is 0. The molecule has 2 N–H and O–H groups in total. The molecule has 2 nitrogen and oxygen atoms in total. The number of aromatic amines is 1. The van der Waals surface area contributed by atoms with Gasteiger partial charge < -0.3 is 10.3 Å². The van der Waals surface area contributed by atoms with Crippen molar-refractivity contribution in [2.75, 3.05) is 0 Å². The van der Waals surface area contributed by atoms with Gasteiger partial charge in [0.05, 0.1) is 0 Å². The van der Waals surface area contributed by atoms with Gasteiger partial charge in [-0.25, -0.2) is 0 Å². The third-order valence-electron chi connectivity index (χ3n) is 3.10. The zero-order valence-corrected chi connectivity index (χ0v) is 10.9. The van der Waals surface area contributed by atoms with Gasteiger partial charge in [0.2, 0.25) is 0 Å². The smallest absolute Gasteiger partial charge is 0.0486 e. The number of aryl methyl sites for hydroxylation is 1. The Morgan fingerprint density at radius 3 is 2.94 bits per heavy atom. The van der Waals surface area contributed by atoms with Gasteiger partial charge in [-0.2, -0.15) is 0 Å². The topological polar surface area (TPSA) is 27.8 Å². The molecule has 1 aromatic heterocycles. The van der Waals surface area contributed by atoms with Crippen molar-refractivity contribution < 1.29 is 0 Å². The Balaban J connectivity index is 1.91. The van der Waals surface area contributed by atoms with E-state index in [0.29, 0.717) is 0 Å². The first-order chi connectivity index (χ1) is 7.72. The molecule has 0 amide bonds. The number of hydrogen-bond donors (Lipinski definition) is 2. The summed E-state index contributed by atoms with van der Waals surface area (Å²) in [5, 5.41) is 4.82. The van der Waals surface area contributed by atoms with Gasteiger partial charge in [0, 0.05) is 33.7 Å². The van der Waals surface area contributed by atoms with Crippen LogP contribution in [-0.4, -0.2) is 11.0 Å². The maximum Gasteiger partial charge on any atom is 0.0486 e. The van der Waals surface area contributed by atoms with Crippen LogP contribution >= 0.6 is 15.9 Å². The number of nitrogens with one attached hydrogen (secondary N) is 2. The molecule has 1 aliphatic rings. The highest BCUT2D eigenvalue weighted by Gasteiger charge is 2.20. The predicted molar refractivity (Wildman–Crippen MR) is 70.6 cm³/mol. The third kappa shape index (κ3) is 2.02. The normalized spacial score (nSPS) is 15.9. The molecule has 0 aliphatic heterocycles. The van der Waals surface area contributed by atoms with Crippen LogP contribution in [0.1, 0.15) is 24.1 Å². The molecule has 1 saturated carbocycles. The minimum absolute atomic E-state index is 0.763. The third-order valence-corrected chi connectivity index (χ3v) is 3.56. The first-order valence-corrected chi connectivity index (χ1v) is 6.53. The van der Waals surface area contributed by atoms with Crippen LogP contribution < -0.4 is 5.32 Å². The van der Waals surface area contributed by atoms with E-state index in [4.69, 9.17) is 0 Å². The maximum absolute atomic E-state index is 3.54. The van der Waals surface area contributed by atoms with Crippen LogP contribution in [0.25, 0.3) is 10.9 Å². The highest BCUT2D eigenvalue weighted by atomic mass is 79.9. The van der Waals surface area contributed by atoms with Gasteiger partial charge in [0.1, 0.15) is 0 Å². The van der Waals surface area contributed by atoms with E-state index in [9.17, 15) is 0 Å². The maximum atomic E-state index is 3.54. The summed E-state index contributed by atoms with van der Waals surface area (Å²) >= 11 is 3.54. The molecular formula is C13H15BrN2. The second kappa shape index (κ2) is 3.90. The number of halogens is 1. The molecule has 1 aliphatic carbocycles. The van der Waals surface area contributed by atoms with Gasteiger partial charge in [-0.15, -0.1) is 0 Å². The van der Waals surface area contributed by atoms with Crippen molar-refractivity contribution >= 4 is 26.8 Å². The molecule has 1 heterocycles. The fraction of sp³-hybridized carbons (Fsp3) is 0.385. The molecule has 0 spiro atoms. The molecule has 0 unspecified atom stereocenters. The summed E-state index contributed by atoms with van der Waals surface area (Å²) in [6.45, 7) is 3.10. The minimum Gasteiger partial charge on any atom is -0.357 e. The molecule has 2 aromatic rings. The Kier molecular flexibility index (Phi) is 2.52. The quantitative estimate of drug-likeness (QED) is 0.884. The van der Waals surface area contributed by atoms with Gasteiger partial charge in [-0.05, 0) is 43.5 Å². The zero-order valence-electron chi connectivity index (χ0n) is 9.31. The van der Waals surface area contributed by atoms with E-state index in [-0.39, 0.29) is 0 Å². The largest absolute Gasteiger partial charge is 0.357 e. The van der Waals surface area contributed by atoms with Crippen LogP contribution in [0.5, 0.6) is 0 Å². The summed E-state index contributed by atoms with van der Waals surface area (Å²) in [6, 6.07) is 7.32. The molecular weight excluding hydrogens is 264 g/mol. The lowest BCUT2D eigenvalue weighted by Crippen LogP contribution is -2.15. The van der Waals surface area contributed by atoms with E-state index in [1.54, 1.807) is 0 Å². The molecule has 1 aromatic carbocycles. The molecule has 0 saturated heterocycles. The van der Waals surface area contributed by atoms with Crippen molar-refractivity contribution in [3.8, 4) is 0 Å². The van der Waals surface area contributed by atoms with Gasteiger partial charge in [-0.3, -0.25) is 0 Å². The van der Waals surface area contributed by atoms with E-state index in [1.165, 1.54) is 35.0 Å². The Morgan fingerprint density at radius 1 is 1.38 bits per heavy atom. The molecule has 0 atom stereocenters. The average Bonchev–Trinajstić information content (AvgIpc) is 2.96. The summed E-state index contributed by atoms with van der Waals surface area (Å²) < 4.78 is 1.15. The number of H-pyrrole nitrogens is 1. The fourth-order valence-corrected chi connectivity index (χ4v) is 2.66. The predicted octanol–water partition coefficient (Wildman–Crippen LogP) is 3.49. The Morgan fingerprint density at radius 2 is 2.19 bits per heavy atom. The van der Waals surface area contributed by atoms with E-state index < -0.39 is 0 Å². The molecule has 3 heteroatoms. The summed E-state index contributed by atoms with van der Waals surface area (Å²) in [5.74, 6) is 0. The first-order valence-electron chi connectivity index (χ1n) is 5.73. The lowest BCUT2D eigenvalue weighted by Gasteiger charge is -1.99. The highest BCUT2D eigenvalue weighted by Crippen LogP contribution is 2.25. The SMILES string of the molecule is Cc1cc(Br)cc2cc(CNC3CC3)[nH]c12. The van der Waals surface area contributed by atoms with Crippen molar-refractivity contribution in [3.63, 3.8) is 0 Å². The highest BCUT2D eigenvalue weighted by molar-refractivity contribution is 9.10. The Bertz CT molecular complexity index is 526. The number of aromatic nitrogens is 1. The fourth-order valence-electron chi connectivity index (χ4n) is 2.07. The molecule has 1 fully saturated rings. The van der Waals surface area contributed by atoms with Crippen molar-refractivity contribution in [3.05, 3.63) is 33.9 Å². The molecule has 16 heavy (non-hydrogen) atoms. The number of benzene rings is 1. The second-order valence-corrected chi connectivity index (χ2v) is 5.55. The van der Waals surface area contributed by atoms with Crippen LogP contribution in [0.15, 0.2) is 22.7 Å². The van der Waals surface area contributed by atoms with Gasteiger partial charge in [0.25, 0.3) is 0 Å². The van der Waals surface area contributed by atoms with E-state index >= 15 is 0 Å². The lowest BCUT2D eigenvalue weighted by molar-refractivity contribution is 0.678. The monoisotopic (exact) mass is 278 g/mol. The van der Waals surface area contributed by atoms with E-state index in [1.807, 2.05) is 0 Å². The molecule has 3 rings (SSSR count). The van der Waals surface area contributed by atoms with Crippen LogP contribution in [-0.2, 0) is 6.54 Å².